The number of amides is 2. The lowest BCUT2D eigenvalue weighted by Crippen LogP contribution is -2.34. The van der Waals surface area contributed by atoms with Crippen LogP contribution < -0.4 is 0 Å². The minimum absolute atomic E-state index is 0.221. The maximum absolute atomic E-state index is 11.9. The molecule has 1 fully saturated rings. The lowest BCUT2D eigenvalue weighted by molar-refractivity contribution is -0.143. The largest absolute Gasteiger partial charge is 0.468 e. The molecule has 0 spiro atoms. The Balaban J connectivity index is 2.16. The second-order valence-corrected chi connectivity index (χ2v) is 4.35. The van der Waals surface area contributed by atoms with E-state index in [1.165, 1.54) is 19.4 Å². The summed E-state index contributed by atoms with van der Waals surface area (Å²) in [5.41, 5.74) is 0. The molecule has 1 aromatic rings. The molecule has 0 N–H and O–H groups in total. The number of imide groups is 1. The standard InChI is InChI=1S/C11H9NO5S/c1-16-9(13)6-12-10(14)8(18-11(12)15)5-7-3-2-4-17-7/h2-5H,6H2,1H3/b8-5-. The molecule has 18 heavy (non-hydrogen) atoms. The third kappa shape index (κ3) is 2.45. The van der Waals surface area contributed by atoms with Gasteiger partial charge in [0.05, 0.1) is 18.3 Å². The van der Waals surface area contributed by atoms with E-state index < -0.39 is 17.1 Å². The van der Waals surface area contributed by atoms with Crippen LogP contribution in [0.1, 0.15) is 5.76 Å². The summed E-state index contributed by atoms with van der Waals surface area (Å²) < 4.78 is 9.47. The van der Waals surface area contributed by atoms with Crippen molar-refractivity contribution in [2.45, 2.75) is 0 Å². The molecule has 1 aliphatic heterocycles. The van der Waals surface area contributed by atoms with Gasteiger partial charge >= 0.3 is 5.97 Å². The highest BCUT2D eigenvalue weighted by atomic mass is 32.2. The molecule has 0 aliphatic carbocycles. The van der Waals surface area contributed by atoms with Crippen molar-refractivity contribution in [2.24, 2.45) is 0 Å². The Morgan fingerprint density at radius 1 is 1.56 bits per heavy atom. The fraction of sp³-hybridized carbons (Fsp3) is 0.182. The molecule has 1 saturated heterocycles. The van der Waals surface area contributed by atoms with Crippen LogP contribution in [0.5, 0.6) is 0 Å². The highest BCUT2D eigenvalue weighted by Gasteiger charge is 2.36. The van der Waals surface area contributed by atoms with Gasteiger partial charge in [-0.05, 0) is 23.9 Å². The van der Waals surface area contributed by atoms with E-state index in [0.29, 0.717) is 5.76 Å². The van der Waals surface area contributed by atoms with Crippen molar-refractivity contribution >= 4 is 35.0 Å². The van der Waals surface area contributed by atoms with Gasteiger partial charge in [-0.25, -0.2) is 0 Å². The molecular weight excluding hydrogens is 258 g/mol. The number of hydrogen-bond donors (Lipinski definition) is 0. The zero-order chi connectivity index (χ0) is 13.1. The first-order valence-electron chi connectivity index (χ1n) is 4.97. The van der Waals surface area contributed by atoms with Crippen molar-refractivity contribution in [3.05, 3.63) is 29.1 Å². The topological polar surface area (TPSA) is 76.8 Å². The number of hydrogen-bond acceptors (Lipinski definition) is 6. The van der Waals surface area contributed by atoms with Crippen molar-refractivity contribution in [1.82, 2.24) is 4.90 Å². The van der Waals surface area contributed by atoms with E-state index in [2.05, 4.69) is 4.74 Å². The first-order chi connectivity index (χ1) is 8.61. The third-order valence-electron chi connectivity index (χ3n) is 2.21. The van der Waals surface area contributed by atoms with E-state index in [4.69, 9.17) is 4.42 Å². The first kappa shape index (κ1) is 12.4. The van der Waals surface area contributed by atoms with Crippen LogP contribution in [0.15, 0.2) is 27.7 Å². The Morgan fingerprint density at radius 3 is 2.94 bits per heavy atom. The monoisotopic (exact) mass is 267 g/mol. The zero-order valence-electron chi connectivity index (χ0n) is 9.41. The molecule has 0 bridgehead atoms. The number of carbonyl (C=O) groups is 3. The van der Waals surface area contributed by atoms with Crippen molar-refractivity contribution in [2.75, 3.05) is 13.7 Å². The SMILES string of the molecule is COC(=O)CN1C(=O)S/C(=C\c2ccco2)C1=O. The predicted molar refractivity (Wildman–Crippen MR) is 63.4 cm³/mol. The number of ether oxygens (including phenoxy) is 1. The maximum Gasteiger partial charge on any atom is 0.325 e. The maximum atomic E-state index is 11.9. The molecule has 0 radical (unpaired) electrons. The van der Waals surface area contributed by atoms with Gasteiger partial charge in [-0.3, -0.25) is 19.3 Å². The molecule has 94 valence electrons. The van der Waals surface area contributed by atoms with Gasteiger partial charge in [-0.15, -0.1) is 0 Å². The fourth-order valence-corrected chi connectivity index (χ4v) is 2.15. The lowest BCUT2D eigenvalue weighted by atomic mass is 10.3. The second kappa shape index (κ2) is 5.09. The Labute approximate surface area is 107 Å². The first-order valence-corrected chi connectivity index (χ1v) is 5.79. The van der Waals surface area contributed by atoms with Crippen molar-refractivity contribution in [3.63, 3.8) is 0 Å². The van der Waals surface area contributed by atoms with Crippen LogP contribution in [0.3, 0.4) is 0 Å². The number of thioether (sulfide) groups is 1. The van der Waals surface area contributed by atoms with Gasteiger partial charge in [0.25, 0.3) is 11.1 Å². The van der Waals surface area contributed by atoms with E-state index in [1.54, 1.807) is 12.1 Å². The summed E-state index contributed by atoms with van der Waals surface area (Å²) in [7, 11) is 1.19. The number of nitrogens with zero attached hydrogens (tertiary/aromatic N) is 1. The average molecular weight is 267 g/mol. The molecule has 0 atom stereocenters. The van der Waals surface area contributed by atoms with Gasteiger partial charge < -0.3 is 9.15 Å². The summed E-state index contributed by atoms with van der Waals surface area (Å²) in [5, 5.41) is -0.497. The summed E-state index contributed by atoms with van der Waals surface area (Å²) in [6.45, 7) is -0.378. The summed E-state index contributed by atoms with van der Waals surface area (Å²) in [5.74, 6) is -0.693. The molecule has 7 heteroatoms. The summed E-state index contributed by atoms with van der Waals surface area (Å²) in [6, 6.07) is 3.33. The highest BCUT2D eigenvalue weighted by molar-refractivity contribution is 8.18. The van der Waals surface area contributed by atoms with Gasteiger partial charge in [-0.2, -0.15) is 0 Å². The smallest absolute Gasteiger partial charge is 0.325 e. The van der Waals surface area contributed by atoms with Crippen LogP contribution in [0.2, 0.25) is 0 Å². The van der Waals surface area contributed by atoms with Crippen molar-refractivity contribution in [3.8, 4) is 0 Å². The zero-order valence-corrected chi connectivity index (χ0v) is 10.2. The minimum atomic E-state index is -0.642. The van der Waals surface area contributed by atoms with E-state index >= 15 is 0 Å². The van der Waals surface area contributed by atoms with Crippen molar-refractivity contribution < 1.29 is 23.5 Å². The summed E-state index contributed by atoms with van der Waals surface area (Å²) >= 11 is 0.763. The molecule has 1 aliphatic rings. The van der Waals surface area contributed by atoms with Gasteiger partial charge in [0.15, 0.2) is 0 Å². The van der Waals surface area contributed by atoms with Gasteiger partial charge in [0.1, 0.15) is 12.3 Å². The van der Waals surface area contributed by atoms with Crippen molar-refractivity contribution in [1.29, 1.82) is 0 Å². The number of rotatable bonds is 3. The number of furan rings is 1. The Kier molecular flexibility index (Phi) is 3.52. The van der Waals surface area contributed by atoms with E-state index in [9.17, 15) is 14.4 Å². The third-order valence-corrected chi connectivity index (χ3v) is 3.11. The molecule has 0 saturated carbocycles. The van der Waals surface area contributed by atoms with Crippen LogP contribution in [-0.4, -0.2) is 35.7 Å². The Morgan fingerprint density at radius 2 is 2.33 bits per heavy atom. The van der Waals surface area contributed by atoms with E-state index in [-0.39, 0.29) is 11.4 Å². The number of esters is 1. The molecule has 6 nitrogen and oxygen atoms in total. The van der Waals surface area contributed by atoms with Gasteiger partial charge in [0, 0.05) is 6.08 Å². The molecule has 2 rings (SSSR count). The predicted octanol–water partition coefficient (Wildman–Crippen LogP) is 1.49. The summed E-state index contributed by atoms with van der Waals surface area (Å²) in [6.07, 6.45) is 2.92. The van der Waals surface area contributed by atoms with Crippen LogP contribution in [0.4, 0.5) is 4.79 Å². The molecule has 2 amide bonds. The second-order valence-electron chi connectivity index (χ2n) is 3.36. The van der Waals surface area contributed by atoms with Gasteiger partial charge in [-0.1, -0.05) is 0 Å². The van der Waals surface area contributed by atoms with Crippen LogP contribution in [0, 0.1) is 0 Å². The molecule has 0 aromatic carbocycles. The fourth-order valence-electron chi connectivity index (χ4n) is 1.33. The molecular formula is C11H9NO5S. The average Bonchev–Trinajstić information content (AvgIpc) is 2.94. The normalized spacial score (nSPS) is 17.6. The summed E-state index contributed by atoms with van der Waals surface area (Å²) in [4.78, 5) is 35.6. The molecule has 2 heterocycles. The number of carbonyl (C=O) groups excluding carboxylic acids is 3. The molecule has 1 aromatic heterocycles. The lowest BCUT2D eigenvalue weighted by Gasteiger charge is -2.09. The quantitative estimate of drug-likeness (QED) is 0.610. The molecule has 0 unspecified atom stereocenters. The number of methoxy groups -OCH3 is 1. The minimum Gasteiger partial charge on any atom is -0.468 e. The van der Waals surface area contributed by atoms with E-state index in [0.717, 1.165) is 16.7 Å². The van der Waals surface area contributed by atoms with E-state index in [1.807, 2.05) is 0 Å². The van der Waals surface area contributed by atoms with Crippen LogP contribution in [0.25, 0.3) is 6.08 Å². The Hall–Kier alpha value is -2.02. The highest BCUT2D eigenvalue weighted by Crippen LogP contribution is 2.31. The van der Waals surface area contributed by atoms with Gasteiger partial charge in [0.2, 0.25) is 0 Å². The van der Waals surface area contributed by atoms with Crippen LogP contribution >= 0.6 is 11.8 Å². The van der Waals surface area contributed by atoms with Crippen LogP contribution in [-0.2, 0) is 14.3 Å². The Bertz CT molecular complexity index is 520.